The molecule has 5 aliphatic heterocycles. The van der Waals surface area contributed by atoms with Crippen LogP contribution < -0.4 is 25.2 Å². The second-order valence-electron chi connectivity index (χ2n) is 18.5. The lowest BCUT2D eigenvalue weighted by molar-refractivity contribution is -0.164. The molecule has 2 N–H and O–H groups in total. The lowest BCUT2D eigenvalue weighted by Gasteiger charge is -2.63. The molecule has 2 aromatic carbocycles. The molecule has 15 nitrogen and oxygen atoms in total. The molecule has 0 spiro atoms. The summed E-state index contributed by atoms with van der Waals surface area (Å²) in [5.74, 6) is -1.22. The number of aromatic nitrogens is 2. The van der Waals surface area contributed by atoms with E-state index in [9.17, 15) is 29.2 Å². The third kappa shape index (κ3) is 6.95. The number of carbonyl (C=O) groups is 5. The van der Waals surface area contributed by atoms with E-state index >= 15 is 4.39 Å². The van der Waals surface area contributed by atoms with Gasteiger partial charge < -0.3 is 19.9 Å². The number of nitrogens with zero attached hydrogens (tertiary/aromatic N) is 7. The van der Waals surface area contributed by atoms with E-state index in [1.165, 1.54) is 6.07 Å². The Labute approximate surface area is 357 Å². The molecular weight excluding hydrogens is 805 g/mol. The first-order valence-corrected chi connectivity index (χ1v) is 21.2. The zero-order chi connectivity index (χ0) is 43.1. The Kier molecular flexibility index (Phi) is 10.1. The van der Waals surface area contributed by atoms with E-state index in [1.807, 2.05) is 11.0 Å². The highest BCUT2D eigenvalue weighted by atomic mass is 35.5. The van der Waals surface area contributed by atoms with Gasteiger partial charge in [-0.25, -0.2) is 4.39 Å². The molecule has 3 aromatic rings. The number of amides is 5. The second-order valence-corrected chi connectivity index (χ2v) is 18.9. The van der Waals surface area contributed by atoms with E-state index < -0.39 is 46.3 Å². The zero-order valence-electron chi connectivity index (χ0n) is 34.4. The number of piperidine rings is 2. The molecule has 5 fully saturated rings. The first-order valence-electron chi connectivity index (χ1n) is 20.8. The van der Waals surface area contributed by atoms with E-state index in [1.54, 1.807) is 24.3 Å². The molecule has 5 amide bonds. The molecule has 1 aromatic heterocycles. The lowest BCUT2D eigenvalue weighted by Crippen LogP contribution is -2.74. The van der Waals surface area contributed by atoms with Gasteiger partial charge in [-0.3, -0.25) is 39.1 Å². The molecule has 0 radical (unpaired) electrons. The second kappa shape index (κ2) is 15.1. The minimum Gasteiger partial charge on any atom is -0.489 e. The molecule has 1 aliphatic carbocycles. The van der Waals surface area contributed by atoms with E-state index in [2.05, 4.69) is 64.4 Å². The maximum Gasteiger partial charge on any atom is 0.272 e. The summed E-state index contributed by atoms with van der Waals surface area (Å²) in [6, 6.07) is 12.2. The summed E-state index contributed by atoms with van der Waals surface area (Å²) < 4.78 is 21.9. The van der Waals surface area contributed by atoms with Crippen molar-refractivity contribution < 1.29 is 33.1 Å². The van der Waals surface area contributed by atoms with Crippen molar-refractivity contribution in [1.29, 1.82) is 5.26 Å². The first-order chi connectivity index (χ1) is 29.0. The molecule has 1 saturated carbocycles. The van der Waals surface area contributed by atoms with Crippen LogP contribution in [0, 0.1) is 39.8 Å². The maximum atomic E-state index is 15.5. The Morgan fingerprint density at radius 3 is 2.18 bits per heavy atom. The number of carbonyl (C=O) groups excluding carboxylic acids is 5. The number of hydrogen-bond donors (Lipinski definition) is 2. The number of hydrogen-bond acceptors (Lipinski definition) is 12. The van der Waals surface area contributed by atoms with E-state index in [-0.39, 0.29) is 53.4 Å². The summed E-state index contributed by atoms with van der Waals surface area (Å²) in [5.41, 5.74) is 0.0590. The van der Waals surface area contributed by atoms with Gasteiger partial charge in [0.25, 0.3) is 17.7 Å². The molecule has 6 aliphatic rings. The topological polar surface area (TPSA) is 181 Å². The number of nitrogens with one attached hydrogen (secondary N) is 2. The predicted molar refractivity (Wildman–Crippen MR) is 221 cm³/mol. The van der Waals surface area contributed by atoms with E-state index in [4.69, 9.17) is 16.3 Å². The summed E-state index contributed by atoms with van der Waals surface area (Å²) in [5, 5.41) is 23.7. The van der Waals surface area contributed by atoms with Crippen LogP contribution in [0.1, 0.15) is 90.1 Å². The minimum absolute atomic E-state index is 0.0122. The van der Waals surface area contributed by atoms with Gasteiger partial charge in [-0.05, 0) is 67.5 Å². The fraction of sp³-hybridized carbons (Fsp3) is 0.500. The van der Waals surface area contributed by atoms with Gasteiger partial charge in [0.15, 0.2) is 11.5 Å². The fourth-order valence-electron chi connectivity index (χ4n) is 11.1. The molecule has 3 atom stereocenters. The van der Waals surface area contributed by atoms with Crippen LogP contribution in [0.2, 0.25) is 5.02 Å². The molecule has 3 unspecified atom stereocenters. The van der Waals surface area contributed by atoms with Crippen LogP contribution >= 0.6 is 11.6 Å². The van der Waals surface area contributed by atoms with Crippen LogP contribution in [0.3, 0.4) is 0 Å². The number of benzene rings is 2. The molecule has 61 heavy (non-hydrogen) atoms. The number of likely N-dealkylation sites (tertiary alicyclic amines) is 1. The number of nitriles is 1. The molecule has 9 rings (SSSR count). The van der Waals surface area contributed by atoms with Crippen LogP contribution in [0.25, 0.3) is 0 Å². The largest absolute Gasteiger partial charge is 0.489 e. The van der Waals surface area contributed by atoms with Crippen molar-refractivity contribution in [2.75, 3.05) is 49.1 Å². The van der Waals surface area contributed by atoms with Gasteiger partial charge >= 0.3 is 0 Å². The van der Waals surface area contributed by atoms with Crippen molar-refractivity contribution in [3.63, 3.8) is 0 Å². The summed E-state index contributed by atoms with van der Waals surface area (Å²) in [6.07, 6.45) is 1.45. The van der Waals surface area contributed by atoms with Gasteiger partial charge in [-0.15, -0.1) is 10.2 Å². The Morgan fingerprint density at radius 1 is 0.902 bits per heavy atom. The van der Waals surface area contributed by atoms with Gasteiger partial charge in [-0.2, -0.15) is 5.26 Å². The van der Waals surface area contributed by atoms with Gasteiger partial charge in [0, 0.05) is 74.7 Å². The van der Waals surface area contributed by atoms with E-state index in [0.717, 1.165) is 55.8 Å². The highest BCUT2D eigenvalue weighted by Gasteiger charge is 2.64. The number of fused-ring (bicyclic) bond motifs is 2. The Morgan fingerprint density at radius 2 is 1.57 bits per heavy atom. The fourth-order valence-corrected chi connectivity index (χ4v) is 11.3. The zero-order valence-corrected chi connectivity index (χ0v) is 35.2. The SMILES string of the molecule is CC1(C)C(NC(=O)c2ccc(N3CC4CN(C5CCN(c6cc7c(cc6F)C(=O)N(C6CCC(=O)NC6=O)C7=O)CC5)CC4C3)nn2)C(C)(C)C1Oc1ccc(C#N)c(Cl)c1. The van der Waals surface area contributed by atoms with Crippen molar-refractivity contribution in [2.45, 2.75) is 77.6 Å². The van der Waals surface area contributed by atoms with Crippen LogP contribution in [-0.4, -0.2) is 113 Å². The highest BCUT2D eigenvalue weighted by Crippen LogP contribution is 2.55. The van der Waals surface area contributed by atoms with Crippen molar-refractivity contribution >= 4 is 52.6 Å². The summed E-state index contributed by atoms with van der Waals surface area (Å²) >= 11 is 6.24. The molecule has 318 valence electrons. The number of halogens is 2. The van der Waals surface area contributed by atoms with Crippen LogP contribution in [0.5, 0.6) is 5.75 Å². The maximum absolute atomic E-state index is 15.5. The average Bonchev–Trinajstić information content (AvgIpc) is 3.89. The van der Waals surface area contributed by atoms with Crippen molar-refractivity contribution in [2.24, 2.45) is 22.7 Å². The monoisotopic (exact) mass is 851 g/mol. The Hall–Kier alpha value is -5.66. The Balaban J connectivity index is 0.760. The smallest absolute Gasteiger partial charge is 0.272 e. The lowest BCUT2D eigenvalue weighted by atomic mass is 9.49. The van der Waals surface area contributed by atoms with Gasteiger partial charge in [-0.1, -0.05) is 39.3 Å². The number of ether oxygens (including phenoxy) is 1. The van der Waals surface area contributed by atoms with Crippen molar-refractivity contribution in [3.8, 4) is 11.8 Å². The van der Waals surface area contributed by atoms with Crippen LogP contribution in [0.15, 0.2) is 42.5 Å². The molecular formula is C44H47ClFN9O6. The van der Waals surface area contributed by atoms with E-state index in [0.29, 0.717) is 47.3 Å². The van der Waals surface area contributed by atoms with Gasteiger partial charge in [0.1, 0.15) is 29.8 Å². The highest BCUT2D eigenvalue weighted by molar-refractivity contribution is 6.31. The summed E-state index contributed by atoms with van der Waals surface area (Å²) in [7, 11) is 0. The summed E-state index contributed by atoms with van der Waals surface area (Å²) in [6.45, 7) is 12.9. The number of anilines is 2. The predicted octanol–water partition coefficient (Wildman–Crippen LogP) is 4.19. The Bertz CT molecular complexity index is 2370. The van der Waals surface area contributed by atoms with Crippen molar-refractivity contribution in [3.05, 3.63) is 75.7 Å². The number of rotatable bonds is 8. The quantitative estimate of drug-likeness (QED) is 0.309. The van der Waals surface area contributed by atoms with Gasteiger partial charge in [0.05, 0.1) is 27.4 Å². The van der Waals surface area contributed by atoms with Crippen LogP contribution in [-0.2, 0) is 9.59 Å². The summed E-state index contributed by atoms with van der Waals surface area (Å²) in [4.78, 5) is 71.6. The molecule has 4 saturated heterocycles. The minimum atomic E-state index is -1.11. The number of imide groups is 2. The van der Waals surface area contributed by atoms with Crippen LogP contribution in [0.4, 0.5) is 15.9 Å². The van der Waals surface area contributed by atoms with Gasteiger partial charge in [0.2, 0.25) is 11.8 Å². The van der Waals surface area contributed by atoms with Crippen molar-refractivity contribution in [1.82, 2.24) is 30.6 Å². The first kappa shape index (κ1) is 40.7. The average molecular weight is 852 g/mol. The standard InChI is InChI=1S/C44H47ClFN9O6/c1-43(2)41(44(3,4)42(43)61-27-6-5-23(18-47)30(45)15-27)49-37(57)32-7-9-35(51-50-32)54-21-24-19-53(20-25(24)22-54)26-11-13-52(14-12-26)34-17-29-28(16-31(34)46)39(59)55(40(29)60)33-8-10-36(56)48-38(33)58/h5-7,9,15-17,24-26,33,41-42H,8,10-14,19-22H2,1-4H3,(H,49,57)(H,48,56,58). The normalized spacial score (nSPS) is 27.0. The molecule has 0 bridgehead atoms. The third-order valence-electron chi connectivity index (χ3n) is 14.0. The molecule has 6 heterocycles. The molecule has 17 heteroatoms. The third-order valence-corrected chi connectivity index (χ3v) is 14.3.